The number of anilines is 1. The highest BCUT2D eigenvalue weighted by molar-refractivity contribution is 7.92. The molecule has 186 valence electrons. The predicted molar refractivity (Wildman–Crippen MR) is 133 cm³/mol. The van der Waals surface area contributed by atoms with Gasteiger partial charge in [-0.2, -0.15) is 0 Å². The number of halogens is 2. The fourth-order valence-electron chi connectivity index (χ4n) is 3.44. The maximum Gasteiger partial charge on any atom is 0.244 e. The van der Waals surface area contributed by atoms with Crippen LogP contribution in [0.3, 0.4) is 0 Å². The first kappa shape index (κ1) is 27.6. The molecule has 7 nitrogen and oxygen atoms in total. The lowest BCUT2D eigenvalue weighted by atomic mass is 10.1. The molecule has 1 N–H and O–H groups in total. The summed E-state index contributed by atoms with van der Waals surface area (Å²) in [5.41, 5.74) is 1.61. The number of hydrogen-bond donors (Lipinski definition) is 1. The summed E-state index contributed by atoms with van der Waals surface area (Å²) >= 11 is 6.19. The third-order valence-corrected chi connectivity index (χ3v) is 6.75. The number of aryl methyl sites for hydroxylation is 1. The summed E-state index contributed by atoms with van der Waals surface area (Å²) in [5, 5.41) is 3.18. The van der Waals surface area contributed by atoms with E-state index in [4.69, 9.17) is 11.6 Å². The monoisotopic (exact) mass is 511 g/mol. The Kier molecular flexibility index (Phi) is 9.46. The molecular formula is C24H31ClFN3O4S. The second-order valence-corrected chi connectivity index (χ2v) is 10.8. The van der Waals surface area contributed by atoms with E-state index < -0.39 is 34.3 Å². The smallest absolute Gasteiger partial charge is 0.244 e. The Bertz CT molecular complexity index is 1120. The van der Waals surface area contributed by atoms with Gasteiger partial charge < -0.3 is 10.2 Å². The standard InChI is InChI=1S/C24H31ClFN3O4S/c1-6-22(24(31)27-16(2)3)28(14-18-8-10-19(26)11-9-18)23(30)15-29(34(5,32)33)20-12-7-17(4)21(25)13-20/h7-13,16,22H,6,14-15H2,1-5H3,(H,27,31). The molecule has 2 amide bonds. The first-order valence-corrected chi connectivity index (χ1v) is 13.1. The molecule has 0 saturated carbocycles. The summed E-state index contributed by atoms with van der Waals surface area (Å²) in [6, 6.07) is 9.32. The van der Waals surface area contributed by atoms with Gasteiger partial charge in [0.25, 0.3) is 0 Å². The molecule has 2 aromatic carbocycles. The van der Waals surface area contributed by atoms with Crippen LogP contribution in [0.1, 0.15) is 38.3 Å². The summed E-state index contributed by atoms with van der Waals surface area (Å²) in [7, 11) is -3.85. The fourth-order valence-corrected chi connectivity index (χ4v) is 4.45. The highest BCUT2D eigenvalue weighted by atomic mass is 35.5. The molecule has 1 unspecified atom stereocenters. The zero-order valence-electron chi connectivity index (χ0n) is 20.0. The van der Waals surface area contributed by atoms with Crippen LogP contribution in [0.15, 0.2) is 42.5 Å². The molecule has 1 atom stereocenters. The lowest BCUT2D eigenvalue weighted by molar-refractivity contribution is -0.140. The van der Waals surface area contributed by atoms with E-state index >= 15 is 0 Å². The predicted octanol–water partition coefficient (Wildman–Crippen LogP) is 3.89. The van der Waals surface area contributed by atoms with Gasteiger partial charge in [0.05, 0.1) is 11.9 Å². The van der Waals surface area contributed by atoms with E-state index in [0.29, 0.717) is 17.0 Å². The number of carbonyl (C=O) groups is 2. The number of rotatable bonds is 10. The van der Waals surface area contributed by atoms with Gasteiger partial charge in [-0.25, -0.2) is 12.8 Å². The average molecular weight is 512 g/mol. The summed E-state index contributed by atoms with van der Waals surface area (Å²) < 4.78 is 39.5. The quantitative estimate of drug-likeness (QED) is 0.524. The van der Waals surface area contributed by atoms with Crippen LogP contribution in [0.4, 0.5) is 10.1 Å². The topological polar surface area (TPSA) is 86.8 Å². The second-order valence-electron chi connectivity index (χ2n) is 8.44. The van der Waals surface area contributed by atoms with E-state index in [1.54, 1.807) is 26.0 Å². The van der Waals surface area contributed by atoms with Crippen molar-refractivity contribution in [1.29, 1.82) is 0 Å². The molecule has 34 heavy (non-hydrogen) atoms. The minimum absolute atomic E-state index is 0.00932. The molecule has 0 radical (unpaired) electrons. The largest absolute Gasteiger partial charge is 0.352 e. The minimum atomic E-state index is -3.85. The van der Waals surface area contributed by atoms with E-state index in [2.05, 4.69) is 5.32 Å². The highest BCUT2D eigenvalue weighted by Gasteiger charge is 2.32. The Balaban J connectivity index is 2.45. The molecular weight excluding hydrogens is 481 g/mol. The Labute approximate surface area is 205 Å². The molecule has 0 heterocycles. The number of hydrogen-bond acceptors (Lipinski definition) is 4. The Morgan fingerprint density at radius 2 is 1.74 bits per heavy atom. The molecule has 0 spiro atoms. The third-order valence-electron chi connectivity index (χ3n) is 5.21. The van der Waals surface area contributed by atoms with Crippen molar-refractivity contribution in [2.75, 3.05) is 17.1 Å². The van der Waals surface area contributed by atoms with Crippen LogP contribution < -0.4 is 9.62 Å². The lowest BCUT2D eigenvalue weighted by Gasteiger charge is -2.33. The third kappa shape index (κ3) is 7.43. The van der Waals surface area contributed by atoms with Crippen molar-refractivity contribution in [3.63, 3.8) is 0 Å². The number of nitrogens with zero attached hydrogens (tertiary/aromatic N) is 2. The van der Waals surface area contributed by atoms with Crippen LogP contribution >= 0.6 is 11.6 Å². The van der Waals surface area contributed by atoms with E-state index in [1.165, 1.54) is 35.2 Å². The molecule has 0 aliphatic heterocycles. The Morgan fingerprint density at radius 1 is 1.12 bits per heavy atom. The number of nitrogens with one attached hydrogen (secondary N) is 1. The molecule has 2 rings (SSSR count). The zero-order chi connectivity index (χ0) is 25.6. The molecule has 10 heteroatoms. The van der Waals surface area contributed by atoms with Crippen LogP contribution in [-0.4, -0.2) is 50.0 Å². The minimum Gasteiger partial charge on any atom is -0.352 e. The SMILES string of the molecule is CCC(C(=O)NC(C)C)N(Cc1ccc(F)cc1)C(=O)CN(c1ccc(C)c(Cl)c1)S(C)(=O)=O. The maximum absolute atomic E-state index is 13.5. The fraction of sp³-hybridized carbons (Fsp3) is 0.417. The molecule has 0 aromatic heterocycles. The van der Waals surface area contributed by atoms with E-state index in [9.17, 15) is 22.4 Å². The van der Waals surface area contributed by atoms with Crippen molar-refractivity contribution >= 4 is 39.1 Å². The zero-order valence-corrected chi connectivity index (χ0v) is 21.6. The number of carbonyl (C=O) groups excluding carboxylic acids is 2. The normalized spacial score (nSPS) is 12.4. The molecule has 2 aromatic rings. The summed E-state index contributed by atoms with van der Waals surface area (Å²) in [6.07, 6.45) is 1.31. The van der Waals surface area contributed by atoms with E-state index in [0.717, 1.165) is 16.1 Å². The van der Waals surface area contributed by atoms with E-state index in [-0.39, 0.29) is 24.2 Å². The van der Waals surface area contributed by atoms with Crippen LogP contribution in [0.25, 0.3) is 0 Å². The van der Waals surface area contributed by atoms with Crippen LogP contribution in [-0.2, 0) is 26.2 Å². The van der Waals surface area contributed by atoms with Crippen LogP contribution in [0.5, 0.6) is 0 Å². The Hall–Kier alpha value is -2.65. The van der Waals surface area contributed by atoms with Crippen molar-refractivity contribution in [3.8, 4) is 0 Å². The van der Waals surface area contributed by atoms with Crippen molar-refractivity contribution in [3.05, 3.63) is 64.4 Å². The van der Waals surface area contributed by atoms with Crippen molar-refractivity contribution in [2.24, 2.45) is 0 Å². The molecule has 0 bridgehead atoms. The van der Waals surface area contributed by atoms with Gasteiger partial charge in [-0.05, 0) is 62.6 Å². The van der Waals surface area contributed by atoms with Crippen molar-refractivity contribution < 1.29 is 22.4 Å². The first-order valence-electron chi connectivity index (χ1n) is 10.9. The molecule has 0 fully saturated rings. The van der Waals surface area contributed by atoms with Gasteiger partial charge in [0, 0.05) is 17.6 Å². The molecule has 0 aliphatic carbocycles. The van der Waals surface area contributed by atoms with Gasteiger partial charge >= 0.3 is 0 Å². The summed E-state index contributed by atoms with van der Waals surface area (Å²) in [6.45, 7) is 6.65. The number of sulfonamides is 1. The highest BCUT2D eigenvalue weighted by Crippen LogP contribution is 2.25. The van der Waals surface area contributed by atoms with Crippen LogP contribution in [0, 0.1) is 12.7 Å². The summed E-state index contributed by atoms with van der Waals surface area (Å²) in [5.74, 6) is -1.35. The summed E-state index contributed by atoms with van der Waals surface area (Å²) in [4.78, 5) is 27.7. The van der Waals surface area contributed by atoms with Gasteiger partial charge in [0.15, 0.2) is 0 Å². The van der Waals surface area contributed by atoms with Gasteiger partial charge in [-0.3, -0.25) is 13.9 Å². The van der Waals surface area contributed by atoms with Gasteiger partial charge in [0.1, 0.15) is 18.4 Å². The molecule has 0 aliphatic rings. The van der Waals surface area contributed by atoms with Gasteiger partial charge in [0.2, 0.25) is 21.8 Å². The number of amides is 2. The van der Waals surface area contributed by atoms with Crippen molar-refractivity contribution in [2.45, 2.75) is 52.7 Å². The lowest BCUT2D eigenvalue weighted by Crippen LogP contribution is -2.53. The second kappa shape index (κ2) is 11.7. The van der Waals surface area contributed by atoms with Crippen LogP contribution in [0.2, 0.25) is 5.02 Å². The average Bonchev–Trinajstić information content (AvgIpc) is 2.74. The Morgan fingerprint density at radius 3 is 2.24 bits per heavy atom. The first-order chi connectivity index (χ1) is 15.8. The van der Waals surface area contributed by atoms with E-state index in [1.807, 2.05) is 13.8 Å². The number of benzene rings is 2. The maximum atomic E-state index is 13.5. The molecule has 0 saturated heterocycles. The van der Waals surface area contributed by atoms with Crippen molar-refractivity contribution in [1.82, 2.24) is 10.2 Å². The van der Waals surface area contributed by atoms with Gasteiger partial charge in [-0.15, -0.1) is 0 Å². The van der Waals surface area contributed by atoms with Gasteiger partial charge in [-0.1, -0.05) is 36.7 Å².